The van der Waals surface area contributed by atoms with Crippen LogP contribution in [0.4, 0.5) is 0 Å². The Morgan fingerprint density at radius 2 is 0.694 bits per heavy atom. The molecule has 0 aliphatic heterocycles. The van der Waals surface area contributed by atoms with E-state index in [0.717, 1.165) is 0 Å². The van der Waals surface area contributed by atoms with Crippen molar-refractivity contribution < 1.29 is 137 Å². The first-order valence-electron chi connectivity index (χ1n) is 38.3. The van der Waals surface area contributed by atoms with Crippen LogP contribution in [0.25, 0.3) is 0 Å². The molecular formula is C75H108N20O28S. The number of phenolic OH excluding ortho intramolecular Hbond substituents is 2. The zero-order valence-electron chi connectivity index (χ0n) is 67.7. The van der Waals surface area contributed by atoms with Gasteiger partial charge in [-0.25, -0.2) is 4.79 Å². The third-order valence-electron chi connectivity index (χ3n) is 17.9. The summed E-state index contributed by atoms with van der Waals surface area (Å²) in [6, 6.07) is -8.34. The fourth-order valence-electron chi connectivity index (χ4n) is 11.3. The molecule has 16 amide bonds. The van der Waals surface area contributed by atoms with Crippen molar-refractivity contribution in [1.29, 1.82) is 5.41 Å². The summed E-state index contributed by atoms with van der Waals surface area (Å²) in [5, 5.41) is 134. The van der Waals surface area contributed by atoms with E-state index in [-0.39, 0.29) is 59.2 Å². The SMILES string of the molecule is CC(C)C[C@H](NC(=O)CNC(=O)[C@H](CO)NC(=O)[C@H](CO)NC(=O)[C@H](CC(=O)O)NC(=O)[C@H](Cc1ccc(O)cc1)NC(=O)[C@H](Cc1ccccc1)NC(=O)[C@H](CO)NC(=O)[C@H](CC(=O)O)NC(=O)[C@H](CCCNC(=N)N)NC(=O)[C@H](CC(N)=O)NC(=O)[C@H](Cc1ccc(O)cc1)NC(=O)[C@H](CO)NC(=O)CNC(=O)[C@@H](N)CS)C(=O)N[C@H](C(=O)O)C(C)C. The first-order valence-corrected chi connectivity index (χ1v) is 39.0. The minimum Gasteiger partial charge on any atom is -0.508 e. The average molecular weight is 1770 g/mol. The third-order valence-corrected chi connectivity index (χ3v) is 18.3. The third kappa shape index (κ3) is 38.1. The highest BCUT2D eigenvalue weighted by molar-refractivity contribution is 7.80. The Hall–Kier alpha value is -13.4. The lowest BCUT2D eigenvalue weighted by molar-refractivity contribution is -0.143. The molecular weight excluding hydrogens is 1660 g/mol. The van der Waals surface area contributed by atoms with Crippen molar-refractivity contribution in [3.8, 4) is 11.5 Å². The zero-order valence-corrected chi connectivity index (χ0v) is 68.6. The van der Waals surface area contributed by atoms with E-state index in [1.165, 1.54) is 86.6 Å². The summed E-state index contributed by atoms with van der Waals surface area (Å²) in [5.74, 6) is -26.7. The number of aliphatic carboxylic acids is 3. The maximum atomic E-state index is 14.8. The molecule has 0 saturated carbocycles. The molecule has 3 rings (SSSR count). The van der Waals surface area contributed by atoms with Gasteiger partial charge in [-0.3, -0.25) is 91.7 Å². The van der Waals surface area contributed by atoms with Gasteiger partial charge in [-0.2, -0.15) is 12.6 Å². The van der Waals surface area contributed by atoms with Crippen molar-refractivity contribution in [2.24, 2.45) is 29.0 Å². The molecule has 0 aliphatic carbocycles. The van der Waals surface area contributed by atoms with E-state index in [4.69, 9.17) is 22.6 Å². The molecule has 0 spiro atoms. The van der Waals surface area contributed by atoms with Crippen molar-refractivity contribution in [2.75, 3.05) is 51.8 Å². The highest BCUT2D eigenvalue weighted by Crippen LogP contribution is 2.17. The lowest BCUT2D eigenvalue weighted by Gasteiger charge is -2.28. The number of phenols is 2. The number of nitrogens with one attached hydrogen (secondary N) is 17. The minimum absolute atomic E-state index is 0.0187. The second-order valence-electron chi connectivity index (χ2n) is 28.8. The largest absolute Gasteiger partial charge is 0.508 e. The number of carbonyl (C=O) groups is 19. The van der Waals surface area contributed by atoms with Crippen molar-refractivity contribution in [2.45, 2.75) is 170 Å². The normalized spacial score (nSPS) is 14.4. The lowest BCUT2D eigenvalue weighted by Crippen LogP contribution is -2.62. The van der Waals surface area contributed by atoms with E-state index in [9.17, 15) is 137 Å². The number of carboxylic acid groups (broad SMARTS) is 3. The fourth-order valence-corrected chi connectivity index (χ4v) is 11.5. The average Bonchev–Trinajstić information content (AvgIpc) is 0.859. The van der Waals surface area contributed by atoms with E-state index in [0.29, 0.717) is 0 Å². The number of primary amides is 1. The van der Waals surface area contributed by atoms with Crippen molar-refractivity contribution >= 4 is 131 Å². The van der Waals surface area contributed by atoms with Gasteiger partial charge in [0.1, 0.15) is 90.0 Å². The van der Waals surface area contributed by atoms with Crippen molar-refractivity contribution in [3.63, 3.8) is 0 Å². The van der Waals surface area contributed by atoms with Gasteiger partial charge < -0.3 is 148 Å². The second kappa shape index (κ2) is 53.4. The minimum atomic E-state index is -2.26. The Morgan fingerprint density at radius 1 is 0.379 bits per heavy atom. The van der Waals surface area contributed by atoms with Gasteiger partial charge in [-0.15, -0.1) is 0 Å². The molecule has 0 aliphatic rings. The molecule has 49 heteroatoms. The van der Waals surface area contributed by atoms with Gasteiger partial charge in [0.2, 0.25) is 94.5 Å². The van der Waals surface area contributed by atoms with Crippen molar-refractivity contribution in [3.05, 3.63) is 95.6 Å². The van der Waals surface area contributed by atoms with Gasteiger partial charge in [0.25, 0.3) is 0 Å². The smallest absolute Gasteiger partial charge is 0.326 e. The summed E-state index contributed by atoms with van der Waals surface area (Å²) in [6.45, 7) is -0.271. The molecule has 0 heterocycles. The van der Waals surface area contributed by atoms with Crippen LogP contribution in [-0.2, 0) is 110 Å². The number of hydrogen-bond acceptors (Lipinski definition) is 28. The predicted octanol–water partition coefficient (Wildman–Crippen LogP) is -11.2. The number of thiol groups is 1. The van der Waals surface area contributed by atoms with Gasteiger partial charge in [-0.05, 0) is 72.1 Å². The number of nitrogens with two attached hydrogens (primary N) is 3. The summed E-state index contributed by atoms with van der Waals surface area (Å²) in [7, 11) is 0. The van der Waals surface area contributed by atoms with E-state index < -0.39 is 293 Å². The molecule has 0 radical (unpaired) electrons. The van der Waals surface area contributed by atoms with Gasteiger partial charge in [0.15, 0.2) is 5.96 Å². The molecule has 3 aromatic rings. The number of guanidine groups is 1. The Balaban J connectivity index is 1.96. The maximum Gasteiger partial charge on any atom is 0.326 e. The summed E-state index contributed by atoms with van der Waals surface area (Å²) >= 11 is 3.91. The number of aromatic hydroxyl groups is 2. The molecule has 14 atom stereocenters. The molecule has 3 aromatic carbocycles. The molecule has 0 bridgehead atoms. The van der Waals surface area contributed by atoms with Gasteiger partial charge in [0.05, 0.1) is 64.8 Å². The molecule has 0 aromatic heterocycles. The molecule has 0 unspecified atom stereocenters. The quantitative estimate of drug-likeness (QED) is 0.0108. The fraction of sp³-hybridized carbons (Fsp3) is 0.493. The van der Waals surface area contributed by atoms with Crippen LogP contribution >= 0.6 is 12.6 Å². The van der Waals surface area contributed by atoms with Gasteiger partial charge in [0, 0.05) is 31.6 Å². The number of aliphatic hydroxyl groups excluding tert-OH is 4. The van der Waals surface area contributed by atoms with E-state index >= 15 is 0 Å². The molecule has 682 valence electrons. The number of amides is 16. The Morgan fingerprint density at radius 3 is 1.05 bits per heavy atom. The number of carbonyl (C=O) groups excluding carboxylic acids is 16. The number of rotatable bonds is 55. The van der Waals surface area contributed by atoms with Crippen LogP contribution in [-0.4, -0.2) is 301 Å². The van der Waals surface area contributed by atoms with E-state index in [2.05, 4.69) is 87.1 Å². The Labute approximate surface area is 713 Å². The number of hydrogen-bond donors (Lipinski definition) is 30. The highest BCUT2D eigenvalue weighted by atomic mass is 32.1. The lowest BCUT2D eigenvalue weighted by atomic mass is 10.0. The Kier molecular flexibility index (Phi) is 45.1. The standard InChI is InChI=1S/C75H108N20O28S/c1-35(2)21-44(70(118)95-60(36(3)4)74(122)123)83-56(103)29-82-62(110)51(30-96)92-73(121)54(33-99)94-69(117)50(27-59(107)108)91-66(114)46(23-38-12-16-40(100)17-13-38)86-64(112)45(22-37-9-6-5-7-10-37)88-72(120)53(32-98)93-68(116)49(26-58(105)106)90-63(111)43(11-8-20-80-75(78)79)85-67(115)48(25-55(77)102)89-65(113)47(24-39-14-18-41(101)19-15-39)87-71(119)52(31-97)84-57(104)28-81-61(109)42(76)34-124/h5-7,9-10,12-19,35-36,42-54,60,96-101,124H,8,11,20-34,76H2,1-4H3,(H2,77,102)(H,81,109)(H,82,110)(H,83,103)(H,84,104)(H,85,115)(H,86,112)(H,87,119)(H,88,120)(H,89,113)(H,90,111)(H,91,114)(H,92,121)(H,93,116)(H,94,117)(H,95,118)(H,105,106)(H,107,108)(H,122,123)(H4,78,79,80)/t42-,43-,44-,45-,46-,47-,48-,49-,50-,51-,52-,53-,54-,60-/m0/s1. The molecule has 124 heavy (non-hydrogen) atoms. The van der Waals surface area contributed by atoms with Gasteiger partial charge in [-0.1, -0.05) is 82.3 Å². The number of aliphatic hydroxyl groups is 4. The summed E-state index contributed by atoms with van der Waals surface area (Å²) < 4.78 is 0. The van der Waals surface area contributed by atoms with Crippen LogP contribution in [0.2, 0.25) is 0 Å². The van der Waals surface area contributed by atoms with Crippen LogP contribution in [0.3, 0.4) is 0 Å². The van der Waals surface area contributed by atoms with Crippen LogP contribution < -0.4 is 102 Å². The molecule has 0 saturated heterocycles. The molecule has 48 nitrogen and oxygen atoms in total. The summed E-state index contributed by atoms with van der Waals surface area (Å²) in [5.41, 5.74) is 17.2. The Bertz CT molecular complexity index is 4230. The van der Waals surface area contributed by atoms with Crippen LogP contribution in [0.1, 0.15) is 82.9 Å². The molecule has 0 fully saturated rings. The summed E-state index contributed by atoms with van der Waals surface area (Å²) in [6.07, 6.45) is -5.86. The highest BCUT2D eigenvalue weighted by Gasteiger charge is 2.39. The first kappa shape index (κ1) is 105. The van der Waals surface area contributed by atoms with E-state index in [1.807, 2.05) is 10.6 Å². The monoisotopic (exact) mass is 1770 g/mol. The van der Waals surface area contributed by atoms with Crippen molar-refractivity contribution in [1.82, 2.24) is 85.1 Å². The summed E-state index contributed by atoms with van der Waals surface area (Å²) in [4.78, 5) is 256. The molecule has 32 N–H and O–H groups in total. The first-order chi connectivity index (χ1) is 58.4. The van der Waals surface area contributed by atoms with Gasteiger partial charge >= 0.3 is 17.9 Å². The van der Waals surface area contributed by atoms with E-state index in [1.54, 1.807) is 19.9 Å². The zero-order chi connectivity index (χ0) is 93.2. The second-order valence-corrected chi connectivity index (χ2v) is 29.1. The number of carboxylic acids is 3. The maximum absolute atomic E-state index is 14.8. The van der Waals surface area contributed by atoms with Crippen LogP contribution in [0, 0.1) is 17.2 Å². The topological polar surface area (TPSA) is 801 Å². The predicted molar refractivity (Wildman–Crippen MR) is 434 cm³/mol. The van der Waals surface area contributed by atoms with Crippen LogP contribution in [0.5, 0.6) is 11.5 Å². The van der Waals surface area contributed by atoms with Crippen LogP contribution in [0.15, 0.2) is 78.9 Å². The number of benzene rings is 3.